The van der Waals surface area contributed by atoms with E-state index in [2.05, 4.69) is 10.6 Å². The summed E-state index contributed by atoms with van der Waals surface area (Å²) in [6.45, 7) is 7.74. The molecule has 1 aromatic carbocycles. The summed E-state index contributed by atoms with van der Waals surface area (Å²) in [6, 6.07) is 5.95. The zero-order valence-corrected chi connectivity index (χ0v) is 21.2. The highest BCUT2D eigenvalue weighted by Gasteiger charge is 2.28. The maximum atomic E-state index is 13.0. The molecule has 0 saturated heterocycles. The van der Waals surface area contributed by atoms with Crippen molar-refractivity contribution in [2.45, 2.75) is 72.3 Å². The molecule has 0 aliphatic carbocycles. The molecule has 35 heavy (non-hydrogen) atoms. The van der Waals surface area contributed by atoms with E-state index in [4.69, 9.17) is 7.15 Å². The summed E-state index contributed by atoms with van der Waals surface area (Å²) in [5.74, 6) is -2.10. The smallest absolute Gasteiger partial charge is 0.312 e. The molecule has 0 fully saturated rings. The zero-order valence-electron chi connectivity index (χ0n) is 22.2. The number of Topliss-reactive ketones (excluding diaryl/α,β-unsaturated/α-hetero) is 2. The van der Waals surface area contributed by atoms with Gasteiger partial charge < -0.3 is 22.1 Å². The maximum absolute atomic E-state index is 13.0. The van der Waals surface area contributed by atoms with Gasteiger partial charge in [-0.25, -0.2) is 4.79 Å². The van der Waals surface area contributed by atoms with Crippen LogP contribution in [0.5, 0.6) is 0 Å². The number of carbonyl (C=O) groups is 5. The van der Waals surface area contributed by atoms with Gasteiger partial charge in [-0.1, -0.05) is 50.6 Å². The third-order valence-electron chi connectivity index (χ3n) is 5.95. The van der Waals surface area contributed by atoms with Gasteiger partial charge in [-0.2, -0.15) is 0 Å². The van der Waals surface area contributed by atoms with Gasteiger partial charge in [0.05, 0.1) is 6.04 Å². The highest BCUT2D eigenvalue weighted by atomic mass is 16.2. The molecule has 0 radical (unpaired) electrons. The van der Waals surface area contributed by atoms with E-state index in [0.29, 0.717) is 24.8 Å². The molecule has 6 N–H and O–H groups in total. The van der Waals surface area contributed by atoms with Crippen LogP contribution in [0.2, 0.25) is 1.41 Å². The Morgan fingerprint density at radius 2 is 1.66 bits per heavy atom. The quantitative estimate of drug-likeness (QED) is 0.207. The Balaban J connectivity index is 2.61. The fourth-order valence-electron chi connectivity index (χ4n) is 3.77. The minimum Gasteiger partial charge on any atom is -0.369 e. The molecule has 194 valence electrons. The molecule has 9 heteroatoms. The molecule has 0 heterocycles. The molecule has 1 aromatic rings. The normalized spacial score (nSPS) is 13.8. The van der Waals surface area contributed by atoms with E-state index < -0.39 is 23.9 Å². The van der Waals surface area contributed by atoms with E-state index in [1.54, 1.807) is 12.1 Å². The third-order valence-corrected chi connectivity index (χ3v) is 5.95. The number of hydrogen-bond donors (Lipinski definition) is 4. The number of carbonyl (C=O) groups excluding carboxylic acids is 5. The Hall–Kier alpha value is -3.23. The molecule has 3 atom stereocenters. The lowest BCUT2D eigenvalue weighted by atomic mass is 9.89. The number of aryl methyl sites for hydroxylation is 1. The van der Waals surface area contributed by atoms with Crippen molar-refractivity contribution < 1.29 is 25.4 Å². The minimum atomic E-state index is -0.772. The topological polar surface area (TPSA) is 161 Å². The molecule has 1 unspecified atom stereocenters. The van der Waals surface area contributed by atoms with Gasteiger partial charge in [0.1, 0.15) is 0 Å². The van der Waals surface area contributed by atoms with E-state index in [0.717, 1.165) is 5.56 Å². The summed E-state index contributed by atoms with van der Waals surface area (Å²) < 4.78 is 7.15. The number of amides is 4. The lowest BCUT2D eigenvalue weighted by Crippen LogP contribution is -2.45. The van der Waals surface area contributed by atoms with Gasteiger partial charge in [-0.3, -0.25) is 19.2 Å². The van der Waals surface area contributed by atoms with E-state index in [1.807, 2.05) is 45.6 Å². The largest absolute Gasteiger partial charge is 0.369 e. The van der Waals surface area contributed by atoms with Crippen molar-refractivity contribution in [1.82, 2.24) is 10.6 Å². The number of hydrogen-bond acceptors (Lipinski definition) is 5. The average Bonchev–Trinajstić information content (AvgIpc) is 2.82. The monoisotopic (exact) mass is 489 g/mol. The van der Waals surface area contributed by atoms with Crippen molar-refractivity contribution in [2.24, 2.45) is 29.2 Å². The van der Waals surface area contributed by atoms with E-state index in [-0.39, 0.29) is 55.1 Å². The van der Waals surface area contributed by atoms with Crippen LogP contribution in [0.25, 0.3) is 0 Å². The van der Waals surface area contributed by atoms with Gasteiger partial charge in [-0.15, -0.1) is 0 Å². The first-order chi connectivity index (χ1) is 16.9. The standard InChI is InChI=1S/C26H40N4O5/c1-16(2)24(22(32)15-20(25(27)34)6-5-13-29-26(28)35)30-23(33)12-9-18(4)14-21(31)19-10-7-17(3)8-11-19/h7-8,10-11,16,18,20,24H,5-6,9,12-15H2,1-4H3,(H2,27,34)(H,30,33)(H3,28,29,35)/t18?,20-,24+/m1/s1/i/hD. The zero-order chi connectivity index (χ0) is 27.3. The molecule has 1 rings (SSSR count). The van der Waals surface area contributed by atoms with Crippen LogP contribution < -0.4 is 22.1 Å². The van der Waals surface area contributed by atoms with Crippen molar-refractivity contribution >= 4 is 29.4 Å². The highest BCUT2D eigenvalue weighted by molar-refractivity contribution is 5.96. The minimum absolute atomic E-state index is 0.00287. The summed E-state index contributed by atoms with van der Waals surface area (Å²) >= 11 is 0. The number of primary amides is 2. The van der Waals surface area contributed by atoms with Crippen LogP contribution in [0.3, 0.4) is 0 Å². The molecule has 0 aromatic heterocycles. The van der Waals surface area contributed by atoms with Gasteiger partial charge >= 0.3 is 6.03 Å². The Labute approximate surface area is 209 Å². The van der Waals surface area contributed by atoms with Crippen LogP contribution in [-0.4, -0.2) is 42.0 Å². The fraction of sp³-hybridized carbons (Fsp3) is 0.577. The van der Waals surface area contributed by atoms with Gasteiger partial charge in [0.2, 0.25) is 11.8 Å². The third kappa shape index (κ3) is 11.6. The lowest BCUT2D eigenvalue weighted by Gasteiger charge is -2.23. The summed E-state index contributed by atoms with van der Waals surface area (Å²) in [5.41, 5.74) is 8.58. The first-order valence-corrected chi connectivity index (χ1v) is 12.1. The first kappa shape index (κ1) is 28.0. The second-order valence-corrected chi connectivity index (χ2v) is 9.59. The fourth-order valence-corrected chi connectivity index (χ4v) is 3.77. The number of rotatable bonds is 16. The van der Waals surface area contributed by atoms with Crippen LogP contribution in [-0.2, 0) is 14.4 Å². The average molecular weight is 490 g/mol. The molecule has 0 aliphatic heterocycles. The van der Waals surface area contributed by atoms with Crippen molar-refractivity contribution in [3.05, 3.63) is 35.4 Å². The summed E-state index contributed by atoms with van der Waals surface area (Å²) in [6.07, 6.45) is 1.56. The van der Waals surface area contributed by atoms with Crippen LogP contribution >= 0.6 is 0 Å². The highest BCUT2D eigenvalue weighted by Crippen LogP contribution is 2.18. The molecule has 0 bridgehead atoms. The van der Waals surface area contributed by atoms with Crippen molar-refractivity contribution in [3.63, 3.8) is 0 Å². The number of urea groups is 1. The summed E-state index contributed by atoms with van der Waals surface area (Å²) in [4.78, 5) is 60.9. The van der Waals surface area contributed by atoms with Crippen LogP contribution in [0, 0.1) is 24.7 Å². The maximum Gasteiger partial charge on any atom is 0.312 e. The molecular formula is C26H40N4O5. The first-order valence-electron chi connectivity index (χ1n) is 12.6. The number of nitrogens with one attached hydrogen (secondary N) is 2. The number of ketones is 2. The van der Waals surface area contributed by atoms with Crippen LogP contribution in [0.1, 0.15) is 75.2 Å². The SMILES string of the molecule is [2H]NC(=O)[C@H](CCCNC(N)=O)CC(=O)[C@@H](NC(=O)CCC(C)CC(=O)c1ccc(C)cc1)C(C)C. The molecule has 0 spiro atoms. The van der Waals surface area contributed by atoms with E-state index in [1.165, 1.54) is 0 Å². The van der Waals surface area contributed by atoms with E-state index in [9.17, 15) is 24.0 Å². The Bertz CT molecular complexity index is 904. The van der Waals surface area contributed by atoms with Gasteiger partial charge in [0.25, 0.3) is 0 Å². The molecule has 0 saturated carbocycles. The summed E-state index contributed by atoms with van der Waals surface area (Å²) in [7, 11) is 0. The predicted octanol–water partition coefficient (Wildman–Crippen LogP) is 2.63. The molecular weight excluding hydrogens is 448 g/mol. The second kappa shape index (κ2) is 14.9. The van der Waals surface area contributed by atoms with Crippen molar-refractivity contribution in [2.75, 3.05) is 6.54 Å². The van der Waals surface area contributed by atoms with Crippen LogP contribution in [0.15, 0.2) is 24.3 Å². The van der Waals surface area contributed by atoms with E-state index >= 15 is 0 Å². The van der Waals surface area contributed by atoms with Crippen LogP contribution in [0.4, 0.5) is 4.79 Å². The number of nitrogens with two attached hydrogens (primary N) is 2. The Morgan fingerprint density at radius 3 is 2.23 bits per heavy atom. The molecule has 4 amide bonds. The summed E-state index contributed by atoms with van der Waals surface area (Å²) in [5, 5.41) is 5.20. The Kier molecular flexibility index (Phi) is 11.9. The van der Waals surface area contributed by atoms with Crippen molar-refractivity contribution in [3.8, 4) is 0 Å². The molecule has 9 nitrogen and oxygen atoms in total. The number of benzene rings is 1. The predicted molar refractivity (Wildman–Crippen MR) is 134 cm³/mol. The Morgan fingerprint density at radius 1 is 1.00 bits per heavy atom. The van der Waals surface area contributed by atoms with Crippen molar-refractivity contribution in [1.29, 1.82) is 0 Å². The van der Waals surface area contributed by atoms with Gasteiger partial charge in [0, 0.05) is 37.3 Å². The van der Waals surface area contributed by atoms with Gasteiger partial charge in [0.15, 0.2) is 13.0 Å². The lowest BCUT2D eigenvalue weighted by molar-refractivity contribution is -0.131. The molecule has 0 aliphatic rings. The second-order valence-electron chi connectivity index (χ2n) is 9.59. The van der Waals surface area contributed by atoms with Gasteiger partial charge in [-0.05, 0) is 38.0 Å².